The fourth-order valence-corrected chi connectivity index (χ4v) is 5.56. The number of methoxy groups -OCH3 is 1. The zero-order chi connectivity index (χ0) is 28.8. The first-order valence-corrected chi connectivity index (χ1v) is 12.5. The van der Waals surface area contributed by atoms with E-state index in [-0.39, 0.29) is 35.8 Å². The summed E-state index contributed by atoms with van der Waals surface area (Å²) < 4.78 is 45.2. The van der Waals surface area contributed by atoms with E-state index in [1.807, 2.05) is 0 Å². The first kappa shape index (κ1) is 27.1. The molecule has 3 aromatic rings. The second-order valence-corrected chi connectivity index (χ2v) is 9.78. The Morgan fingerprint density at radius 3 is 2.58 bits per heavy atom. The number of Topliss-reactive ketones (excluding diaryl/α,β-unsaturated/α-hetero) is 1. The van der Waals surface area contributed by atoms with Gasteiger partial charge in [0.15, 0.2) is 5.78 Å². The minimum atomic E-state index is -4.67. The lowest BCUT2D eigenvalue weighted by Crippen LogP contribution is -2.52. The number of likely N-dealkylation sites (tertiary alicyclic amines) is 1. The molecule has 2 bridgehead atoms. The lowest BCUT2D eigenvalue weighted by Gasteiger charge is -2.34. The van der Waals surface area contributed by atoms with E-state index in [2.05, 4.69) is 25.5 Å². The number of pyridine rings is 1. The van der Waals surface area contributed by atoms with Crippen molar-refractivity contribution in [2.75, 3.05) is 17.7 Å². The molecule has 1 aliphatic heterocycles. The number of aromatic nitrogens is 3. The van der Waals surface area contributed by atoms with Gasteiger partial charge in [0.2, 0.25) is 11.8 Å². The minimum Gasteiger partial charge on any atom is -0.453 e. The number of anilines is 2. The van der Waals surface area contributed by atoms with Crippen molar-refractivity contribution in [2.24, 2.45) is 5.92 Å². The molecule has 210 valence electrons. The van der Waals surface area contributed by atoms with Gasteiger partial charge >= 0.3 is 12.3 Å². The van der Waals surface area contributed by atoms with Crippen molar-refractivity contribution >= 4 is 46.1 Å². The molecule has 3 atom stereocenters. The molecule has 5 rings (SSSR count). The zero-order valence-electron chi connectivity index (χ0n) is 21.5. The molecule has 11 nitrogen and oxygen atoms in total. The van der Waals surface area contributed by atoms with Gasteiger partial charge in [0.1, 0.15) is 29.8 Å². The van der Waals surface area contributed by atoms with Gasteiger partial charge in [-0.15, -0.1) is 0 Å². The number of fused-ring (bicyclic) bond motifs is 3. The Bertz CT molecular complexity index is 1520. The van der Waals surface area contributed by atoms with Crippen molar-refractivity contribution in [1.82, 2.24) is 19.7 Å². The Balaban J connectivity index is 1.39. The average molecular weight is 559 g/mol. The molecule has 2 aliphatic rings. The van der Waals surface area contributed by atoms with Gasteiger partial charge in [0.25, 0.3) is 0 Å². The molecule has 3 amide bonds. The highest BCUT2D eigenvalue weighted by atomic mass is 19.4. The lowest BCUT2D eigenvalue weighted by molar-refractivity contribution is -0.141. The Morgan fingerprint density at radius 1 is 1.10 bits per heavy atom. The van der Waals surface area contributed by atoms with E-state index < -0.39 is 35.8 Å². The van der Waals surface area contributed by atoms with Crippen LogP contribution in [0.15, 0.2) is 36.4 Å². The van der Waals surface area contributed by atoms with Crippen LogP contribution in [-0.4, -0.2) is 62.5 Å². The highest BCUT2D eigenvalue weighted by Crippen LogP contribution is 2.43. The van der Waals surface area contributed by atoms with Gasteiger partial charge in [-0.25, -0.2) is 9.78 Å². The smallest absolute Gasteiger partial charge is 0.433 e. The summed E-state index contributed by atoms with van der Waals surface area (Å²) in [4.78, 5) is 55.7. The number of amides is 3. The minimum absolute atomic E-state index is 0.101. The van der Waals surface area contributed by atoms with Crippen molar-refractivity contribution in [3.8, 4) is 0 Å². The molecule has 2 aromatic heterocycles. The van der Waals surface area contributed by atoms with Crippen LogP contribution in [0, 0.1) is 5.92 Å². The van der Waals surface area contributed by atoms with Gasteiger partial charge in [-0.05, 0) is 55.5 Å². The van der Waals surface area contributed by atoms with Gasteiger partial charge in [0, 0.05) is 24.0 Å². The number of ether oxygens (including phenoxy) is 1. The maximum atomic E-state index is 13.6. The summed E-state index contributed by atoms with van der Waals surface area (Å²) >= 11 is 0. The highest BCUT2D eigenvalue weighted by molar-refractivity contribution is 6.06. The van der Waals surface area contributed by atoms with Gasteiger partial charge in [-0.2, -0.15) is 18.3 Å². The molecule has 0 radical (unpaired) electrons. The number of hydrogen-bond donors (Lipinski definition) is 2. The number of carbonyl (C=O) groups is 4. The quantitative estimate of drug-likeness (QED) is 0.439. The molecular formula is C26H25F3N6O5. The summed E-state index contributed by atoms with van der Waals surface area (Å²) in [6.45, 7) is 1.05. The third-order valence-electron chi connectivity index (χ3n) is 7.23. The first-order valence-electron chi connectivity index (χ1n) is 12.5. The summed E-state index contributed by atoms with van der Waals surface area (Å²) in [6, 6.07) is 6.86. The third-order valence-corrected chi connectivity index (χ3v) is 7.23. The maximum absolute atomic E-state index is 13.6. The third kappa shape index (κ3) is 5.08. The van der Waals surface area contributed by atoms with E-state index in [4.69, 9.17) is 0 Å². The second kappa shape index (κ2) is 10.2. The summed E-state index contributed by atoms with van der Waals surface area (Å²) in [5, 5.41) is 9.72. The Hall–Kier alpha value is -4.49. The van der Waals surface area contributed by atoms with Crippen LogP contribution in [0.4, 0.5) is 29.5 Å². The average Bonchev–Trinajstić information content (AvgIpc) is 3.61. The number of halogens is 3. The fourth-order valence-electron chi connectivity index (χ4n) is 5.56. The van der Waals surface area contributed by atoms with Crippen molar-refractivity contribution in [1.29, 1.82) is 0 Å². The number of carbonyl (C=O) groups excluding carboxylic acids is 4. The number of ketones is 1. The SMILES string of the molecule is COC(=O)Nc1ccc2c(c1)c(C(C)=O)nn2CC(=O)N1[C@@H]2CC[C@@H](C2)[C@H]1C(=O)Nc1cccc(C(F)(F)F)n1. The molecule has 1 aromatic carbocycles. The van der Waals surface area contributed by atoms with Crippen molar-refractivity contribution in [3.63, 3.8) is 0 Å². The fraction of sp³-hybridized carbons (Fsp3) is 0.385. The monoisotopic (exact) mass is 558 g/mol. The largest absolute Gasteiger partial charge is 0.453 e. The summed E-state index contributed by atoms with van der Waals surface area (Å²) in [6.07, 6.45) is -3.36. The highest BCUT2D eigenvalue weighted by Gasteiger charge is 2.51. The predicted octanol–water partition coefficient (Wildman–Crippen LogP) is 3.85. The van der Waals surface area contributed by atoms with E-state index in [1.54, 1.807) is 18.2 Å². The number of nitrogens with one attached hydrogen (secondary N) is 2. The van der Waals surface area contributed by atoms with E-state index in [9.17, 15) is 32.3 Å². The summed E-state index contributed by atoms with van der Waals surface area (Å²) in [7, 11) is 1.22. The van der Waals surface area contributed by atoms with E-state index in [1.165, 1.54) is 29.7 Å². The number of nitrogens with zero attached hydrogens (tertiary/aromatic N) is 4. The molecule has 3 heterocycles. The van der Waals surface area contributed by atoms with Crippen molar-refractivity contribution in [2.45, 2.75) is 51.0 Å². The van der Waals surface area contributed by atoms with Gasteiger partial charge < -0.3 is 15.0 Å². The molecule has 2 fully saturated rings. The molecule has 40 heavy (non-hydrogen) atoms. The number of piperidine rings is 1. The zero-order valence-corrected chi connectivity index (χ0v) is 21.5. The van der Waals surface area contributed by atoms with Crippen LogP contribution in [0.25, 0.3) is 10.9 Å². The van der Waals surface area contributed by atoms with E-state index in [0.717, 1.165) is 12.1 Å². The Kier molecular flexibility index (Phi) is 6.94. The first-order chi connectivity index (χ1) is 19.0. The summed E-state index contributed by atoms with van der Waals surface area (Å²) in [5.41, 5.74) is -0.205. The Labute approximate surface area is 225 Å². The molecule has 14 heteroatoms. The van der Waals surface area contributed by atoms with Crippen LogP contribution >= 0.6 is 0 Å². The van der Waals surface area contributed by atoms with E-state index in [0.29, 0.717) is 35.9 Å². The predicted molar refractivity (Wildman–Crippen MR) is 135 cm³/mol. The van der Waals surface area contributed by atoms with Gasteiger partial charge in [-0.3, -0.25) is 24.4 Å². The van der Waals surface area contributed by atoms with Crippen LogP contribution in [0.3, 0.4) is 0 Å². The maximum Gasteiger partial charge on any atom is 0.433 e. The normalized spacial score (nSPS) is 20.0. The van der Waals surface area contributed by atoms with Crippen LogP contribution in [0.1, 0.15) is 42.4 Å². The number of alkyl halides is 3. The van der Waals surface area contributed by atoms with Crippen molar-refractivity contribution in [3.05, 3.63) is 47.8 Å². The van der Waals surface area contributed by atoms with Crippen LogP contribution in [0.5, 0.6) is 0 Å². The summed E-state index contributed by atoms with van der Waals surface area (Å²) in [5.74, 6) is -1.77. The van der Waals surface area contributed by atoms with Crippen LogP contribution in [-0.2, 0) is 27.0 Å². The topological polar surface area (TPSA) is 136 Å². The number of hydrogen-bond acceptors (Lipinski definition) is 7. The van der Waals surface area contributed by atoms with Crippen molar-refractivity contribution < 1.29 is 37.1 Å². The van der Waals surface area contributed by atoms with Gasteiger partial charge in [0.05, 0.1) is 12.6 Å². The second-order valence-electron chi connectivity index (χ2n) is 9.78. The molecule has 0 unspecified atom stereocenters. The molecule has 1 saturated carbocycles. The number of benzene rings is 1. The molecule has 2 N–H and O–H groups in total. The molecule has 1 aliphatic carbocycles. The number of rotatable bonds is 6. The molecule has 0 spiro atoms. The molecule has 1 saturated heterocycles. The molecular weight excluding hydrogens is 533 g/mol. The standard InChI is InChI=1S/C26H25F3N6O5/c1-13(36)22-17-11-15(30-25(39)40-2)7-9-18(17)34(33-22)12-21(37)35-16-8-6-14(10-16)23(35)24(38)32-20-5-3-4-19(31-20)26(27,28)29/h3-5,7,9,11,14,16,23H,6,8,10,12H2,1-2H3,(H,30,39)(H,31,32,38)/t14-,16+,23-/m0/s1. The van der Waals surface area contributed by atoms with Gasteiger partial charge in [-0.1, -0.05) is 6.07 Å². The Morgan fingerprint density at radius 2 is 1.88 bits per heavy atom. The lowest BCUT2D eigenvalue weighted by atomic mass is 9.97. The van der Waals surface area contributed by atoms with E-state index >= 15 is 0 Å². The van der Waals surface area contributed by atoms with Crippen LogP contribution < -0.4 is 10.6 Å². The van der Waals surface area contributed by atoms with Crippen LogP contribution in [0.2, 0.25) is 0 Å².